The second kappa shape index (κ2) is 7.73. The van der Waals surface area contributed by atoms with Crippen LogP contribution in [-0.2, 0) is 12.8 Å². The molecule has 0 unspecified atom stereocenters. The van der Waals surface area contributed by atoms with Crippen LogP contribution in [0, 0.1) is 0 Å². The van der Waals surface area contributed by atoms with E-state index in [1.54, 1.807) is 0 Å². The van der Waals surface area contributed by atoms with E-state index in [0.29, 0.717) is 19.8 Å². The molecule has 2 aromatic rings. The first kappa shape index (κ1) is 16.2. The van der Waals surface area contributed by atoms with Gasteiger partial charge in [-0.15, -0.1) is 0 Å². The summed E-state index contributed by atoms with van der Waals surface area (Å²) in [6.45, 7) is 3.83. The van der Waals surface area contributed by atoms with Crippen LogP contribution in [0.25, 0.3) is 0 Å². The first-order chi connectivity index (χ1) is 11.7. The van der Waals surface area contributed by atoms with E-state index in [-0.39, 0.29) is 6.03 Å². The average Bonchev–Trinajstić information content (AvgIpc) is 2.62. The van der Waals surface area contributed by atoms with Gasteiger partial charge in [0.05, 0.1) is 0 Å². The highest BCUT2D eigenvalue weighted by Crippen LogP contribution is 2.30. The number of carbonyl (C=O) groups is 1. The number of aryl methyl sites for hydroxylation is 1. The Balaban J connectivity index is 1.46. The van der Waals surface area contributed by atoms with Gasteiger partial charge >= 0.3 is 6.03 Å². The topological polar surface area (TPSA) is 59.6 Å². The van der Waals surface area contributed by atoms with Gasteiger partial charge in [-0.3, -0.25) is 0 Å². The first-order valence-corrected chi connectivity index (χ1v) is 8.27. The summed E-state index contributed by atoms with van der Waals surface area (Å²) in [5.41, 5.74) is 3.15. The molecule has 1 aliphatic rings. The molecular formula is C19H22N2O3. The number of fused-ring (bicyclic) bond motifs is 1. The van der Waals surface area contributed by atoms with Crippen LogP contribution in [-0.4, -0.2) is 25.8 Å². The van der Waals surface area contributed by atoms with Crippen molar-refractivity contribution < 1.29 is 14.3 Å². The normalized spacial score (nSPS) is 12.5. The van der Waals surface area contributed by atoms with E-state index < -0.39 is 0 Å². The van der Waals surface area contributed by atoms with E-state index in [1.807, 2.05) is 42.5 Å². The van der Waals surface area contributed by atoms with E-state index in [9.17, 15) is 4.79 Å². The summed E-state index contributed by atoms with van der Waals surface area (Å²) < 4.78 is 11.1. The second-order valence-electron chi connectivity index (χ2n) is 5.66. The standard InChI is InChI=1S/C19H22N2O3/c1-2-14-3-6-16(7-4-14)21-19(22)20-10-9-15-5-8-17-18(13-15)24-12-11-23-17/h3-8,13H,2,9-12H2,1H3,(H2,20,21,22). The molecule has 2 amide bonds. The van der Waals surface area contributed by atoms with Gasteiger partial charge in [-0.2, -0.15) is 0 Å². The quantitative estimate of drug-likeness (QED) is 0.885. The summed E-state index contributed by atoms with van der Waals surface area (Å²) >= 11 is 0. The van der Waals surface area contributed by atoms with Crippen LogP contribution >= 0.6 is 0 Å². The van der Waals surface area contributed by atoms with Gasteiger partial charge in [0.25, 0.3) is 0 Å². The minimum Gasteiger partial charge on any atom is -0.486 e. The number of urea groups is 1. The van der Waals surface area contributed by atoms with Gasteiger partial charge in [-0.25, -0.2) is 4.79 Å². The van der Waals surface area contributed by atoms with Gasteiger partial charge in [-0.1, -0.05) is 25.1 Å². The monoisotopic (exact) mass is 326 g/mol. The highest BCUT2D eigenvalue weighted by molar-refractivity contribution is 5.89. The molecule has 0 atom stereocenters. The smallest absolute Gasteiger partial charge is 0.319 e. The summed E-state index contributed by atoms with van der Waals surface area (Å²) in [5.74, 6) is 1.56. The van der Waals surface area contributed by atoms with Crippen LogP contribution < -0.4 is 20.1 Å². The molecule has 0 bridgehead atoms. The third-order valence-electron chi connectivity index (χ3n) is 3.93. The Labute approximate surface area is 142 Å². The maximum atomic E-state index is 11.9. The third kappa shape index (κ3) is 4.19. The molecule has 0 saturated carbocycles. The van der Waals surface area contributed by atoms with E-state index in [4.69, 9.17) is 9.47 Å². The number of hydrogen-bond acceptors (Lipinski definition) is 3. The van der Waals surface area contributed by atoms with Gasteiger partial charge in [0.15, 0.2) is 11.5 Å². The molecule has 0 spiro atoms. The molecule has 2 N–H and O–H groups in total. The van der Waals surface area contributed by atoms with Gasteiger partial charge in [-0.05, 0) is 48.2 Å². The van der Waals surface area contributed by atoms with E-state index in [1.165, 1.54) is 5.56 Å². The Kier molecular flexibility index (Phi) is 5.21. The maximum absolute atomic E-state index is 11.9. The average molecular weight is 326 g/mol. The predicted octanol–water partition coefficient (Wildman–Crippen LogP) is 3.38. The zero-order valence-corrected chi connectivity index (χ0v) is 13.8. The number of nitrogens with one attached hydrogen (secondary N) is 2. The predicted molar refractivity (Wildman–Crippen MR) is 94.0 cm³/mol. The van der Waals surface area contributed by atoms with Crippen LogP contribution in [0.15, 0.2) is 42.5 Å². The fraction of sp³-hybridized carbons (Fsp3) is 0.316. The minimum absolute atomic E-state index is 0.197. The molecule has 24 heavy (non-hydrogen) atoms. The largest absolute Gasteiger partial charge is 0.486 e. The van der Waals surface area contributed by atoms with Crippen LogP contribution in [0.4, 0.5) is 10.5 Å². The fourth-order valence-electron chi connectivity index (χ4n) is 2.56. The Morgan fingerprint density at radius 2 is 1.71 bits per heavy atom. The van der Waals surface area contributed by atoms with Crippen molar-refractivity contribution in [2.24, 2.45) is 0 Å². The van der Waals surface area contributed by atoms with Gasteiger partial charge in [0.1, 0.15) is 13.2 Å². The summed E-state index contributed by atoms with van der Waals surface area (Å²) in [7, 11) is 0. The summed E-state index contributed by atoms with van der Waals surface area (Å²) in [6, 6.07) is 13.6. The number of hydrogen-bond donors (Lipinski definition) is 2. The van der Waals surface area contributed by atoms with Gasteiger partial charge in [0.2, 0.25) is 0 Å². The summed E-state index contributed by atoms with van der Waals surface area (Å²) in [4.78, 5) is 11.9. The van der Waals surface area contributed by atoms with Crippen LogP contribution in [0.1, 0.15) is 18.1 Å². The van der Waals surface area contributed by atoms with Crippen LogP contribution in [0.5, 0.6) is 11.5 Å². The molecule has 2 aromatic carbocycles. The molecular weight excluding hydrogens is 304 g/mol. The molecule has 5 nitrogen and oxygen atoms in total. The molecule has 0 radical (unpaired) electrons. The number of benzene rings is 2. The summed E-state index contributed by atoms with van der Waals surface area (Å²) in [6.07, 6.45) is 1.72. The zero-order chi connectivity index (χ0) is 16.8. The Hall–Kier alpha value is -2.69. The van der Waals surface area contributed by atoms with Crippen molar-refractivity contribution in [1.82, 2.24) is 5.32 Å². The van der Waals surface area contributed by atoms with E-state index >= 15 is 0 Å². The lowest BCUT2D eigenvalue weighted by atomic mass is 10.1. The van der Waals surface area contributed by atoms with Crippen molar-refractivity contribution >= 4 is 11.7 Å². The molecule has 0 aliphatic carbocycles. The highest BCUT2D eigenvalue weighted by Gasteiger charge is 2.11. The maximum Gasteiger partial charge on any atom is 0.319 e. The van der Waals surface area contributed by atoms with Crippen molar-refractivity contribution in [3.63, 3.8) is 0 Å². The Morgan fingerprint density at radius 1 is 1.00 bits per heavy atom. The lowest BCUT2D eigenvalue weighted by molar-refractivity contribution is 0.171. The van der Waals surface area contributed by atoms with E-state index in [2.05, 4.69) is 17.6 Å². The van der Waals surface area contributed by atoms with Crippen molar-refractivity contribution in [2.45, 2.75) is 19.8 Å². The number of rotatable bonds is 5. The zero-order valence-electron chi connectivity index (χ0n) is 13.8. The van der Waals surface area contributed by atoms with E-state index in [0.717, 1.165) is 35.6 Å². The molecule has 0 saturated heterocycles. The summed E-state index contributed by atoms with van der Waals surface area (Å²) in [5, 5.41) is 5.70. The number of ether oxygens (including phenoxy) is 2. The van der Waals surface area contributed by atoms with Crippen molar-refractivity contribution in [1.29, 1.82) is 0 Å². The van der Waals surface area contributed by atoms with Crippen molar-refractivity contribution in [3.8, 4) is 11.5 Å². The number of carbonyl (C=O) groups excluding carboxylic acids is 1. The van der Waals surface area contributed by atoms with Crippen molar-refractivity contribution in [2.75, 3.05) is 25.1 Å². The first-order valence-electron chi connectivity index (χ1n) is 8.27. The van der Waals surface area contributed by atoms with Crippen LogP contribution in [0.3, 0.4) is 0 Å². The van der Waals surface area contributed by atoms with Gasteiger partial charge < -0.3 is 20.1 Å². The third-order valence-corrected chi connectivity index (χ3v) is 3.93. The Bertz CT molecular complexity index is 698. The molecule has 1 heterocycles. The highest BCUT2D eigenvalue weighted by atomic mass is 16.6. The lowest BCUT2D eigenvalue weighted by Gasteiger charge is -2.18. The number of amides is 2. The SMILES string of the molecule is CCc1ccc(NC(=O)NCCc2ccc3c(c2)OCCO3)cc1. The van der Waals surface area contributed by atoms with Gasteiger partial charge in [0, 0.05) is 12.2 Å². The molecule has 3 rings (SSSR count). The molecule has 0 aromatic heterocycles. The molecule has 126 valence electrons. The fourth-order valence-corrected chi connectivity index (χ4v) is 2.56. The second-order valence-corrected chi connectivity index (χ2v) is 5.66. The molecule has 0 fully saturated rings. The molecule has 1 aliphatic heterocycles. The Morgan fingerprint density at radius 3 is 2.46 bits per heavy atom. The van der Waals surface area contributed by atoms with Crippen LogP contribution in [0.2, 0.25) is 0 Å². The lowest BCUT2D eigenvalue weighted by Crippen LogP contribution is -2.30. The number of anilines is 1. The molecule has 5 heteroatoms. The van der Waals surface area contributed by atoms with Crippen molar-refractivity contribution in [3.05, 3.63) is 53.6 Å². The minimum atomic E-state index is -0.197.